The Balaban J connectivity index is 1.16. The first kappa shape index (κ1) is 26.6. The van der Waals surface area contributed by atoms with E-state index in [-0.39, 0.29) is 54.4 Å². The van der Waals surface area contributed by atoms with E-state index in [1.165, 1.54) is 19.2 Å². The Labute approximate surface area is 229 Å². The molecule has 0 N–H and O–H groups in total. The highest BCUT2D eigenvalue weighted by Gasteiger charge is 2.42. The number of carbonyl (C=O) groups excluding carboxylic acids is 1. The lowest BCUT2D eigenvalue weighted by Crippen LogP contribution is -2.46. The highest BCUT2D eigenvalue weighted by molar-refractivity contribution is 5.72. The van der Waals surface area contributed by atoms with Crippen molar-refractivity contribution in [2.24, 2.45) is 0 Å². The molecular formula is C29H30F3N3O5. The highest BCUT2D eigenvalue weighted by Crippen LogP contribution is 2.46. The average Bonchev–Trinajstić information content (AvgIpc) is 3.63. The summed E-state index contributed by atoms with van der Waals surface area (Å²) in [6, 6.07) is 10.4. The van der Waals surface area contributed by atoms with Crippen LogP contribution in [0.1, 0.15) is 61.3 Å². The number of alkyl halides is 3. The summed E-state index contributed by atoms with van der Waals surface area (Å²) in [6.07, 6.45) is 2.68. The summed E-state index contributed by atoms with van der Waals surface area (Å²) in [4.78, 5) is 18.5. The summed E-state index contributed by atoms with van der Waals surface area (Å²) >= 11 is 0. The third-order valence-corrected chi connectivity index (χ3v) is 7.94. The van der Waals surface area contributed by atoms with Crippen LogP contribution in [-0.2, 0) is 27.3 Å². The average molecular weight is 558 g/mol. The Morgan fingerprint density at radius 2 is 1.82 bits per heavy atom. The standard InChI is InChI=1S/C29H30F3N3O5/c1-37-26(36)12-17-6-11-25(33-15-17)35-19-9-10-20(35)14-21(13-19)38-16-23-27(34-40-28(23)18-7-8-18)22-4-2-3-5-24(22)39-29(30,31)32/h2-6,11,15,18-21H,7-10,12-14,16H2,1H3/t19-,20+,21?. The van der Waals surface area contributed by atoms with Crippen molar-refractivity contribution in [3.63, 3.8) is 0 Å². The van der Waals surface area contributed by atoms with Gasteiger partial charge in [-0.05, 0) is 62.3 Å². The van der Waals surface area contributed by atoms with E-state index in [0.717, 1.165) is 49.9 Å². The number of hydrogen-bond donors (Lipinski definition) is 0. The van der Waals surface area contributed by atoms with E-state index in [4.69, 9.17) is 14.0 Å². The third kappa shape index (κ3) is 5.65. The van der Waals surface area contributed by atoms with Crippen LogP contribution in [0.15, 0.2) is 47.1 Å². The molecule has 2 aromatic heterocycles. The highest BCUT2D eigenvalue weighted by atomic mass is 19.4. The van der Waals surface area contributed by atoms with Crippen molar-refractivity contribution in [1.82, 2.24) is 10.1 Å². The number of aromatic nitrogens is 2. The molecule has 11 heteroatoms. The normalized spacial score (nSPS) is 22.4. The van der Waals surface area contributed by atoms with Crippen LogP contribution < -0.4 is 9.64 Å². The molecule has 3 aliphatic rings. The number of carbonyl (C=O) groups is 1. The molecule has 8 nitrogen and oxygen atoms in total. The molecule has 212 valence electrons. The van der Waals surface area contributed by atoms with E-state index in [9.17, 15) is 18.0 Å². The molecule has 0 amide bonds. The molecule has 6 rings (SSSR count). The van der Waals surface area contributed by atoms with Crippen LogP contribution >= 0.6 is 0 Å². The number of esters is 1. The fourth-order valence-electron chi connectivity index (χ4n) is 5.97. The Morgan fingerprint density at radius 3 is 2.48 bits per heavy atom. The minimum atomic E-state index is -4.82. The summed E-state index contributed by atoms with van der Waals surface area (Å²) in [5.74, 6) is 1.17. The molecule has 2 bridgehead atoms. The van der Waals surface area contributed by atoms with Crippen LogP contribution in [0.5, 0.6) is 5.75 Å². The molecule has 1 saturated carbocycles. The summed E-state index contributed by atoms with van der Waals surface area (Å²) in [7, 11) is 1.37. The molecule has 3 atom stereocenters. The maximum absolute atomic E-state index is 13.1. The zero-order valence-electron chi connectivity index (χ0n) is 22.0. The number of methoxy groups -OCH3 is 1. The maximum Gasteiger partial charge on any atom is 0.573 e. The third-order valence-electron chi connectivity index (χ3n) is 7.94. The molecule has 0 spiro atoms. The molecule has 2 aliphatic heterocycles. The van der Waals surface area contributed by atoms with Gasteiger partial charge in [-0.3, -0.25) is 4.79 Å². The number of rotatable bonds is 9. The van der Waals surface area contributed by atoms with Crippen molar-refractivity contribution in [2.45, 2.75) is 82.0 Å². The number of benzene rings is 1. The zero-order valence-corrected chi connectivity index (χ0v) is 22.0. The van der Waals surface area contributed by atoms with Gasteiger partial charge in [0.1, 0.15) is 23.0 Å². The summed E-state index contributed by atoms with van der Waals surface area (Å²) in [6.45, 7) is 0.204. The van der Waals surface area contributed by atoms with Crippen LogP contribution in [0.4, 0.5) is 19.0 Å². The van der Waals surface area contributed by atoms with E-state index in [1.54, 1.807) is 18.3 Å². The fourth-order valence-corrected chi connectivity index (χ4v) is 5.97. The minimum Gasteiger partial charge on any atom is -0.469 e. The van der Waals surface area contributed by atoms with E-state index in [1.807, 2.05) is 12.1 Å². The maximum atomic E-state index is 13.1. The number of halogens is 3. The van der Waals surface area contributed by atoms with Crippen LogP contribution in [-0.4, -0.2) is 47.8 Å². The Hall–Kier alpha value is -3.60. The lowest BCUT2D eigenvalue weighted by molar-refractivity contribution is -0.274. The summed E-state index contributed by atoms with van der Waals surface area (Å²) < 4.78 is 60.3. The fraction of sp³-hybridized carbons (Fsp3) is 0.483. The van der Waals surface area contributed by atoms with Gasteiger partial charge in [0.15, 0.2) is 0 Å². The number of anilines is 1. The second-order valence-electron chi connectivity index (χ2n) is 10.7. The molecule has 40 heavy (non-hydrogen) atoms. The summed E-state index contributed by atoms with van der Waals surface area (Å²) in [5.41, 5.74) is 2.06. The monoisotopic (exact) mass is 557 g/mol. The van der Waals surface area contributed by atoms with Gasteiger partial charge < -0.3 is 23.6 Å². The molecule has 2 saturated heterocycles. The number of ether oxygens (including phenoxy) is 3. The van der Waals surface area contributed by atoms with Crippen LogP contribution in [0, 0.1) is 0 Å². The molecule has 3 aromatic rings. The van der Waals surface area contributed by atoms with Crippen molar-refractivity contribution in [3.05, 3.63) is 59.5 Å². The molecule has 1 unspecified atom stereocenters. The van der Waals surface area contributed by atoms with Gasteiger partial charge in [0.05, 0.1) is 26.2 Å². The van der Waals surface area contributed by atoms with Crippen LogP contribution in [0.2, 0.25) is 0 Å². The first-order valence-electron chi connectivity index (χ1n) is 13.5. The second-order valence-corrected chi connectivity index (χ2v) is 10.7. The van der Waals surface area contributed by atoms with Crippen molar-refractivity contribution in [3.8, 4) is 17.0 Å². The molecule has 1 aliphatic carbocycles. The molecule has 4 heterocycles. The Kier molecular flexibility index (Phi) is 7.16. The number of para-hydroxylation sites is 1. The van der Waals surface area contributed by atoms with E-state index >= 15 is 0 Å². The quantitative estimate of drug-likeness (QED) is 0.299. The molecule has 3 fully saturated rings. The van der Waals surface area contributed by atoms with Gasteiger partial charge in [0.2, 0.25) is 0 Å². The van der Waals surface area contributed by atoms with Gasteiger partial charge in [-0.2, -0.15) is 0 Å². The first-order chi connectivity index (χ1) is 19.3. The zero-order chi connectivity index (χ0) is 27.9. The number of fused-ring (bicyclic) bond motifs is 2. The first-order valence-corrected chi connectivity index (χ1v) is 13.5. The Morgan fingerprint density at radius 1 is 1.07 bits per heavy atom. The lowest BCUT2D eigenvalue weighted by atomic mass is 9.99. The number of piperidine rings is 1. The smallest absolute Gasteiger partial charge is 0.469 e. The van der Waals surface area contributed by atoms with Crippen molar-refractivity contribution in [2.75, 3.05) is 12.0 Å². The Bertz CT molecular complexity index is 1340. The molecule has 1 aromatic carbocycles. The number of pyridine rings is 1. The van der Waals surface area contributed by atoms with Crippen molar-refractivity contribution < 1.29 is 36.7 Å². The molecule has 0 radical (unpaired) electrons. The predicted molar refractivity (Wildman–Crippen MR) is 138 cm³/mol. The minimum absolute atomic E-state index is 0.0104. The molecular weight excluding hydrogens is 527 g/mol. The number of hydrogen-bond acceptors (Lipinski definition) is 8. The SMILES string of the molecule is COC(=O)Cc1ccc(N2[C@@H]3CC[C@H]2CC(OCc2c(-c4ccccc4OC(F)(F)F)noc2C2CC2)C3)nc1. The van der Waals surface area contributed by atoms with E-state index in [2.05, 4.69) is 19.8 Å². The predicted octanol–water partition coefficient (Wildman–Crippen LogP) is 5.94. The van der Waals surface area contributed by atoms with Crippen LogP contribution in [0.25, 0.3) is 11.3 Å². The van der Waals surface area contributed by atoms with Crippen molar-refractivity contribution >= 4 is 11.8 Å². The summed E-state index contributed by atoms with van der Waals surface area (Å²) in [5, 5.41) is 4.18. The van der Waals surface area contributed by atoms with Gasteiger partial charge in [0, 0.05) is 35.3 Å². The number of nitrogens with zero attached hydrogens (tertiary/aromatic N) is 3. The van der Waals surface area contributed by atoms with Gasteiger partial charge in [-0.1, -0.05) is 23.4 Å². The second kappa shape index (κ2) is 10.8. The lowest BCUT2D eigenvalue weighted by Gasteiger charge is -2.39. The van der Waals surface area contributed by atoms with Gasteiger partial charge in [0.25, 0.3) is 0 Å². The largest absolute Gasteiger partial charge is 0.573 e. The van der Waals surface area contributed by atoms with Gasteiger partial charge >= 0.3 is 12.3 Å². The van der Waals surface area contributed by atoms with E-state index in [0.29, 0.717) is 17.0 Å². The topological polar surface area (TPSA) is 86.9 Å². The van der Waals surface area contributed by atoms with Crippen molar-refractivity contribution in [1.29, 1.82) is 0 Å². The van der Waals surface area contributed by atoms with Gasteiger partial charge in [-0.15, -0.1) is 13.2 Å². The van der Waals surface area contributed by atoms with E-state index < -0.39 is 6.36 Å². The van der Waals surface area contributed by atoms with Gasteiger partial charge in [-0.25, -0.2) is 4.98 Å². The van der Waals surface area contributed by atoms with Crippen LogP contribution in [0.3, 0.4) is 0 Å².